The molecule has 0 bridgehead atoms. The Morgan fingerprint density at radius 2 is 2.35 bits per heavy atom. The van der Waals surface area contributed by atoms with Crippen LogP contribution in [0.15, 0.2) is 5.16 Å². The summed E-state index contributed by atoms with van der Waals surface area (Å²) in [6, 6.07) is 0.165. The van der Waals surface area contributed by atoms with Gasteiger partial charge in [0.15, 0.2) is 5.71 Å². The summed E-state index contributed by atoms with van der Waals surface area (Å²) >= 11 is 1.81. The molecule has 2 unspecified atom stereocenters. The van der Waals surface area contributed by atoms with E-state index in [2.05, 4.69) is 5.16 Å². The van der Waals surface area contributed by atoms with Crippen LogP contribution < -0.4 is 0 Å². The van der Waals surface area contributed by atoms with Gasteiger partial charge >= 0.3 is 5.97 Å². The van der Waals surface area contributed by atoms with Gasteiger partial charge in [-0.15, -0.1) is 0 Å². The molecule has 1 amide bonds. The van der Waals surface area contributed by atoms with Crippen molar-refractivity contribution in [1.29, 1.82) is 0 Å². The molecule has 2 atom stereocenters. The lowest BCUT2D eigenvalue weighted by Crippen LogP contribution is -2.48. The van der Waals surface area contributed by atoms with Gasteiger partial charge in [-0.1, -0.05) is 5.16 Å². The summed E-state index contributed by atoms with van der Waals surface area (Å²) in [6.45, 7) is 2.67. The van der Waals surface area contributed by atoms with Crippen molar-refractivity contribution >= 4 is 29.4 Å². The fourth-order valence-corrected chi connectivity index (χ4v) is 2.89. The smallest absolute Gasteiger partial charge is 0.353 e. The van der Waals surface area contributed by atoms with E-state index in [0.717, 1.165) is 11.5 Å². The third kappa shape index (κ3) is 2.54. The molecule has 17 heavy (non-hydrogen) atoms. The largest absolute Gasteiger partial charge is 0.477 e. The second-order valence-corrected chi connectivity index (χ2v) is 5.25. The Morgan fingerprint density at radius 1 is 1.59 bits per heavy atom. The highest BCUT2D eigenvalue weighted by atomic mass is 32.2. The molecule has 2 rings (SSSR count). The number of hydrogen-bond donors (Lipinski definition) is 1. The molecule has 6 nitrogen and oxygen atoms in total. The number of amides is 1. The van der Waals surface area contributed by atoms with E-state index in [9.17, 15) is 9.59 Å². The van der Waals surface area contributed by atoms with E-state index in [1.807, 2.05) is 18.7 Å². The summed E-state index contributed by atoms with van der Waals surface area (Å²) in [6.07, 6.45) is -0.698. The molecule has 0 aromatic heterocycles. The highest BCUT2D eigenvalue weighted by molar-refractivity contribution is 7.99. The number of carbonyl (C=O) groups excluding carboxylic acids is 1. The van der Waals surface area contributed by atoms with Crippen molar-refractivity contribution in [3.05, 3.63) is 0 Å². The first-order chi connectivity index (χ1) is 8.09. The predicted octanol–water partition coefficient (Wildman–Crippen LogP) is 0.180. The maximum atomic E-state index is 12.1. The van der Waals surface area contributed by atoms with Gasteiger partial charge in [0.2, 0.25) is 6.10 Å². The first-order valence-electron chi connectivity index (χ1n) is 5.44. The van der Waals surface area contributed by atoms with Crippen LogP contribution in [-0.2, 0) is 14.4 Å². The zero-order valence-electron chi connectivity index (χ0n) is 9.46. The number of carboxylic acids is 1. The molecule has 2 aliphatic heterocycles. The Morgan fingerprint density at radius 3 is 2.94 bits per heavy atom. The van der Waals surface area contributed by atoms with E-state index in [4.69, 9.17) is 9.94 Å². The zero-order valence-corrected chi connectivity index (χ0v) is 10.3. The van der Waals surface area contributed by atoms with Crippen LogP contribution >= 0.6 is 11.8 Å². The van der Waals surface area contributed by atoms with Crippen LogP contribution in [0.4, 0.5) is 0 Å². The van der Waals surface area contributed by atoms with Gasteiger partial charge in [-0.3, -0.25) is 4.79 Å². The Labute approximate surface area is 103 Å². The SMILES string of the molecule is CC1CSCCN1C(=O)C1CC(C(=O)O)=NO1. The van der Waals surface area contributed by atoms with Crippen molar-refractivity contribution < 1.29 is 19.5 Å². The maximum Gasteiger partial charge on any atom is 0.353 e. The van der Waals surface area contributed by atoms with E-state index >= 15 is 0 Å². The third-order valence-electron chi connectivity index (χ3n) is 2.84. The van der Waals surface area contributed by atoms with Crippen LogP contribution in [0.1, 0.15) is 13.3 Å². The fraction of sp³-hybridized carbons (Fsp3) is 0.700. The Kier molecular flexibility index (Phi) is 3.56. The minimum absolute atomic E-state index is 0.0600. The van der Waals surface area contributed by atoms with Gasteiger partial charge in [0.1, 0.15) is 0 Å². The number of carbonyl (C=O) groups is 2. The lowest BCUT2D eigenvalue weighted by molar-refractivity contribution is -0.143. The Bertz CT molecular complexity index is 371. The minimum Gasteiger partial charge on any atom is -0.477 e. The number of nitrogens with zero attached hydrogens (tertiary/aromatic N) is 2. The second kappa shape index (κ2) is 4.95. The van der Waals surface area contributed by atoms with Gasteiger partial charge in [0, 0.05) is 30.5 Å². The lowest BCUT2D eigenvalue weighted by Gasteiger charge is -2.34. The Balaban J connectivity index is 1.96. The quantitative estimate of drug-likeness (QED) is 0.764. The summed E-state index contributed by atoms with van der Waals surface area (Å²) in [7, 11) is 0. The Hall–Kier alpha value is -1.24. The molecule has 0 radical (unpaired) electrons. The molecule has 94 valence electrons. The molecule has 2 aliphatic rings. The van der Waals surface area contributed by atoms with Gasteiger partial charge in [0.05, 0.1) is 0 Å². The van der Waals surface area contributed by atoms with Crippen molar-refractivity contribution in [3.63, 3.8) is 0 Å². The first kappa shape index (κ1) is 12.2. The summed E-state index contributed by atoms with van der Waals surface area (Å²) in [5.41, 5.74) is -0.0811. The highest BCUT2D eigenvalue weighted by Gasteiger charge is 2.36. The molecule has 0 aromatic carbocycles. The summed E-state index contributed by atoms with van der Waals surface area (Å²) in [5.74, 6) is 0.543. The van der Waals surface area contributed by atoms with Crippen LogP contribution in [-0.4, -0.2) is 57.8 Å². The number of carboxylic acid groups (broad SMARTS) is 1. The molecule has 0 aromatic rings. The molecule has 7 heteroatoms. The zero-order chi connectivity index (χ0) is 12.4. The number of oxime groups is 1. The summed E-state index contributed by atoms with van der Waals surface area (Å²) in [4.78, 5) is 29.4. The minimum atomic E-state index is -1.12. The third-order valence-corrected chi connectivity index (χ3v) is 4.03. The standard InChI is InChI=1S/C10H14N2O4S/c1-6-5-17-3-2-12(6)9(13)8-4-7(10(14)15)11-16-8/h6,8H,2-5H2,1H3,(H,14,15). The van der Waals surface area contributed by atoms with Crippen molar-refractivity contribution in [1.82, 2.24) is 4.90 Å². The summed E-state index contributed by atoms with van der Waals surface area (Å²) < 4.78 is 0. The molecule has 0 aliphatic carbocycles. The fourth-order valence-electron chi connectivity index (χ4n) is 1.88. The van der Waals surface area contributed by atoms with Crippen LogP contribution in [0.2, 0.25) is 0 Å². The average molecular weight is 258 g/mol. The topological polar surface area (TPSA) is 79.2 Å². The number of thioether (sulfide) groups is 1. The number of rotatable bonds is 2. The van der Waals surface area contributed by atoms with Gasteiger partial charge in [-0.05, 0) is 6.92 Å². The van der Waals surface area contributed by atoms with Gasteiger partial charge < -0.3 is 14.8 Å². The maximum absolute atomic E-state index is 12.1. The van der Waals surface area contributed by atoms with E-state index < -0.39 is 12.1 Å². The van der Waals surface area contributed by atoms with Crippen molar-refractivity contribution in [2.45, 2.75) is 25.5 Å². The lowest BCUT2D eigenvalue weighted by atomic mass is 10.1. The van der Waals surface area contributed by atoms with Crippen LogP contribution in [0.25, 0.3) is 0 Å². The van der Waals surface area contributed by atoms with Crippen LogP contribution in [0, 0.1) is 0 Å². The monoisotopic (exact) mass is 258 g/mol. The summed E-state index contributed by atoms with van der Waals surface area (Å²) in [5, 5.41) is 12.2. The molecule has 0 saturated carbocycles. The van der Waals surface area contributed by atoms with Crippen molar-refractivity contribution in [2.75, 3.05) is 18.1 Å². The van der Waals surface area contributed by atoms with Gasteiger partial charge in [-0.2, -0.15) is 11.8 Å². The number of hydrogen-bond acceptors (Lipinski definition) is 5. The average Bonchev–Trinajstić information content (AvgIpc) is 2.78. The molecular weight excluding hydrogens is 244 g/mol. The normalized spacial score (nSPS) is 28.5. The highest BCUT2D eigenvalue weighted by Crippen LogP contribution is 2.20. The number of aliphatic carboxylic acids is 1. The van der Waals surface area contributed by atoms with E-state index in [1.165, 1.54) is 0 Å². The predicted molar refractivity (Wildman–Crippen MR) is 63.1 cm³/mol. The second-order valence-electron chi connectivity index (χ2n) is 4.10. The molecule has 1 fully saturated rings. The van der Waals surface area contributed by atoms with Crippen molar-refractivity contribution in [3.8, 4) is 0 Å². The molecule has 1 saturated heterocycles. The van der Waals surface area contributed by atoms with Crippen molar-refractivity contribution in [2.24, 2.45) is 5.16 Å². The van der Waals surface area contributed by atoms with Gasteiger partial charge in [-0.25, -0.2) is 4.79 Å². The molecular formula is C10H14N2O4S. The van der Waals surface area contributed by atoms with Crippen LogP contribution in [0.5, 0.6) is 0 Å². The van der Waals surface area contributed by atoms with E-state index in [1.54, 1.807) is 4.90 Å². The first-order valence-corrected chi connectivity index (χ1v) is 6.59. The van der Waals surface area contributed by atoms with E-state index in [0.29, 0.717) is 6.54 Å². The molecule has 1 N–H and O–H groups in total. The molecule has 0 spiro atoms. The van der Waals surface area contributed by atoms with Crippen LogP contribution in [0.3, 0.4) is 0 Å². The van der Waals surface area contributed by atoms with E-state index in [-0.39, 0.29) is 24.1 Å². The van der Waals surface area contributed by atoms with Gasteiger partial charge in [0.25, 0.3) is 5.91 Å². The molecule has 2 heterocycles.